The van der Waals surface area contributed by atoms with Gasteiger partial charge in [0.2, 0.25) is 10.3 Å². The van der Waals surface area contributed by atoms with Gasteiger partial charge in [0.1, 0.15) is 6.17 Å². The van der Waals surface area contributed by atoms with E-state index in [1.807, 2.05) is 24.3 Å². The van der Waals surface area contributed by atoms with Crippen LogP contribution in [0.3, 0.4) is 0 Å². The molecule has 1 aliphatic heterocycles. The van der Waals surface area contributed by atoms with Crippen LogP contribution < -0.4 is 21.5 Å². The molecule has 0 amide bonds. The Balaban J connectivity index is 2.35. The average Bonchev–Trinajstić information content (AvgIpc) is 2.65. The minimum absolute atomic E-state index is 0.113. The molecule has 2 aliphatic rings. The largest absolute Gasteiger partial charge is 0.368 e. The Hall–Kier alpha value is -1.59. The Bertz CT molecular complexity index is 726. The monoisotopic (exact) mass is 248 g/mol. The number of benzene rings is 1. The van der Waals surface area contributed by atoms with Crippen LogP contribution in [0, 0.1) is 5.92 Å². The molecule has 1 saturated heterocycles. The molecule has 0 saturated carbocycles. The second-order valence-electron chi connectivity index (χ2n) is 4.25. The summed E-state index contributed by atoms with van der Waals surface area (Å²) in [5, 5.41) is 5.28. The Labute approximate surface area is 100.0 Å². The van der Waals surface area contributed by atoms with E-state index >= 15 is 0 Å². The lowest BCUT2D eigenvalue weighted by atomic mass is 9.93. The summed E-state index contributed by atoms with van der Waals surface area (Å²) in [6.45, 7) is 0. The lowest BCUT2D eigenvalue weighted by molar-refractivity contribution is 0.625. The van der Waals surface area contributed by atoms with Gasteiger partial charge in [-0.05, 0) is 11.6 Å². The SMILES string of the molecule is NC1NC2=c3ccccc3=CCC2C1=S(=O)=O. The van der Waals surface area contributed by atoms with E-state index in [0.29, 0.717) is 11.3 Å². The van der Waals surface area contributed by atoms with Crippen LogP contribution in [0.25, 0.3) is 11.8 Å². The van der Waals surface area contributed by atoms with Crippen molar-refractivity contribution in [3.05, 3.63) is 34.7 Å². The first-order valence-electron chi connectivity index (χ1n) is 5.46. The first-order chi connectivity index (χ1) is 8.18. The fourth-order valence-electron chi connectivity index (χ4n) is 2.58. The van der Waals surface area contributed by atoms with Gasteiger partial charge in [-0.25, -0.2) is 0 Å². The molecule has 2 atom stereocenters. The van der Waals surface area contributed by atoms with Gasteiger partial charge in [0, 0.05) is 16.8 Å². The molecule has 2 unspecified atom stereocenters. The quantitative estimate of drug-likeness (QED) is 0.550. The molecule has 0 radical (unpaired) electrons. The molecule has 0 spiro atoms. The maximum absolute atomic E-state index is 11.2. The molecule has 0 aromatic heterocycles. The second-order valence-corrected chi connectivity index (χ2v) is 5.19. The van der Waals surface area contributed by atoms with E-state index in [0.717, 1.165) is 16.1 Å². The maximum atomic E-state index is 11.2. The van der Waals surface area contributed by atoms with Crippen molar-refractivity contribution >= 4 is 26.9 Å². The predicted molar refractivity (Wildman–Crippen MR) is 66.7 cm³/mol. The van der Waals surface area contributed by atoms with Crippen LogP contribution in [0.4, 0.5) is 0 Å². The van der Waals surface area contributed by atoms with Crippen molar-refractivity contribution in [2.75, 3.05) is 0 Å². The molecule has 17 heavy (non-hydrogen) atoms. The maximum Gasteiger partial charge on any atom is 0.217 e. The van der Waals surface area contributed by atoms with Crippen LogP contribution in [0.2, 0.25) is 0 Å². The fraction of sp³-hybridized carbons (Fsp3) is 0.250. The van der Waals surface area contributed by atoms with E-state index in [4.69, 9.17) is 5.73 Å². The predicted octanol–water partition coefficient (Wildman–Crippen LogP) is -1.47. The van der Waals surface area contributed by atoms with Crippen molar-refractivity contribution in [1.29, 1.82) is 0 Å². The van der Waals surface area contributed by atoms with Gasteiger partial charge < -0.3 is 11.1 Å². The first kappa shape index (κ1) is 10.6. The number of hydrogen-bond donors (Lipinski definition) is 2. The minimum Gasteiger partial charge on any atom is -0.368 e. The van der Waals surface area contributed by atoms with Gasteiger partial charge in [0.15, 0.2) is 0 Å². The first-order valence-corrected chi connectivity index (χ1v) is 6.53. The molecule has 88 valence electrons. The van der Waals surface area contributed by atoms with E-state index in [1.54, 1.807) is 0 Å². The van der Waals surface area contributed by atoms with Crippen LogP contribution in [0.1, 0.15) is 6.42 Å². The molecule has 1 aromatic carbocycles. The number of nitrogens with two attached hydrogens (primary N) is 1. The van der Waals surface area contributed by atoms with Gasteiger partial charge in [-0.15, -0.1) is 0 Å². The third-order valence-corrected chi connectivity index (χ3v) is 4.25. The standard InChI is InChI=1S/C12H12N2O2S/c13-12-11(17(15)16)9-6-5-7-3-1-2-4-8(7)10(9)14-12/h1-5,9,12,14H,6,13H2. The van der Waals surface area contributed by atoms with E-state index in [-0.39, 0.29) is 5.92 Å². The summed E-state index contributed by atoms with van der Waals surface area (Å²) in [6.07, 6.45) is 2.17. The van der Waals surface area contributed by atoms with Crippen molar-refractivity contribution in [2.24, 2.45) is 11.7 Å². The molecule has 3 rings (SSSR count). The highest BCUT2D eigenvalue weighted by Crippen LogP contribution is 2.24. The highest BCUT2D eigenvalue weighted by Gasteiger charge is 2.35. The topological polar surface area (TPSA) is 72.2 Å². The number of rotatable bonds is 0. The van der Waals surface area contributed by atoms with Crippen molar-refractivity contribution in [3.63, 3.8) is 0 Å². The lowest BCUT2D eigenvalue weighted by Gasteiger charge is -2.12. The summed E-state index contributed by atoms with van der Waals surface area (Å²) in [4.78, 5) is 0.366. The highest BCUT2D eigenvalue weighted by molar-refractivity contribution is 7.73. The zero-order chi connectivity index (χ0) is 12.0. The van der Waals surface area contributed by atoms with Crippen molar-refractivity contribution in [2.45, 2.75) is 12.6 Å². The molecule has 3 N–H and O–H groups in total. The Morgan fingerprint density at radius 3 is 2.82 bits per heavy atom. The Morgan fingerprint density at radius 2 is 2.06 bits per heavy atom. The van der Waals surface area contributed by atoms with E-state index in [9.17, 15) is 8.42 Å². The van der Waals surface area contributed by atoms with Crippen LogP contribution in [-0.2, 0) is 10.3 Å². The van der Waals surface area contributed by atoms with Gasteiger partial charge in [-0.2, -0.15) is 8.42 Å². The summed E-state index contributed by atoms with van der Waals surface area (Å²) in [5.41, 5.74) is 6.76. The van der Waals surface area contributed by atoms with Crippen molar-refractivity contribution < 1.29 is 8.42 Å². The lowest BCUT2D eigenvalue weighted by Crippen LogP contribution is -2.38. The Morgan fingerprint density at radius 1 is 1.29 bits per heavy atom. The number of nitrogens with one attached hydrogen (secondary N) is 1. The summed E-state index contributed by atoms with van der Waals surface area (Å²) in [5.74, 6) is -0.113. The summed E-state index contributed by atoms with van der Waals surface area (Å²) in [6, 6.07) is 7.94. The summed E-state index contributed by atoms with van der Waals surface area (Å²) >= 11 is 0. The summed E-state index contributed by atoms with van der Waals surface area (Å²) < 4.78 is 22.4. The smallest absolute Gasteiger partial charge is 0.217 e. The second kappa shape index (κ2) is 3.72. The normalized spacial score (nSPS) is 25.7. The third-order valence-electron chi connectivity index (χ3n) is 3.33. The molecule has 1 fully saturated rings. The minimum atomic E-state index is -2.23. The number of fused-ring (bicyclic) bond motifs is 2. The molecule has 1 aromatic rings. The molecule has 1 aliphatic carbocycles. The molecular formula is C12H12N2O2S. The van der Waals surface area contributed by atoms with Gasteiger partial charge in [0.05, 0.1) is 4.86 Å². The number of hydrogen-bond acceptors (Lipinski definition) is 4. The third kappa shape index (κ3) is 1.50. The van der Waals surface area contributed by atoms with Crippen LogP contribution >= 0.6 is 0 Å². The van der Waals surface area contributed by atoms with Crippen LogP contribution in [-0.4, -0.2) is 19.4 Å². The summed E-state index contributed by atoms with van der Waals surface area (Å²) in [7, 11) is -2.23. The van der Waals surface area contributed by atoms with Gasteiger partial charge in [-0.3, -0.25) is 0 Å². The molecule has 1 heterocycles. The van der Waals surface area contributed by atoms with Gasteiger partial charge >= 0.3 is 0 Å². The van der Waals surface area contributed by atoms with E-state index in [1.165, 1.54) is 0 Å². The van der Waals surface area contributed by atoms with Gasteiger partial charge in [0.25, 0.3) is 0 Å². The molecule has 0 bridgehead atoms. The van der Waals surface area contributed by atoms with E-state index in [2.05, 4.69) is 11.4 Å². The van der Waals surface area contributed by atoms with Crippen molar-refractivity contribution in [3.8, 4) is 0 Å². The van der Waals surface area contributed by atoms with Crippen LogP contribution in [0.15, 0.2) is 24.3 Å². The Kier molecular flexibility index (Phi) is 2.31. The average molecular weight is 248 g/mol. The molecule has 4 nitrogen and oxygen atoms in total. The zero-order valence-corrected chi connectivity index (χ0v) is 9.87. The van der Waals surface area contributed by atoms with Crippen molar-refractivity contribution in [1.82, 2.24) is 5.32 Å². The highest BCUT2D eigenvalue weighted by atomic mass is 32.2. The van der Waals surface area contributed by atoms with E-state index < -0.39 is 16.5 Å². The van der Waals surface area contributed by atoms with Crippen LogP contribution in [0.5, 0.6) is 0 Å². The fourth-order valence-corrected chi connectivity index (χ4v) is 3.30. The zero-order valence-electron chi connectivity index (χ0n) is 9.05. The molecular weight excluding hydrogens is 236 g/mol. The molecule has 5 heteroatoms. The van der Waals surface area contributed by atoms with Gasteiger partial charge in [-0.1, -0.05) is 30.3 Å².